The normalized spacial score (nSPS) is 58.3. The van der Waals surface area contributed by atoms with Crippen molar-refractivity contribution < 1.29 is 43.9 Å². The Morgan fingerprint density at radius 3 is 2.64 bits per heavy atom. The number of ether oxygens (including phenoxy) is 4. The molecule has 4 N–H and O–H groups in total. The van der Waals surface area contributed by atoms with Crippen LogP contribution in [-0.2, 0) is 28.5 Å². The number of carbonyl (C=O) groups is 2. The Hall–Kier alpha value is -1.05. The topological polar surface area (TPSA) is 144 Å². The lowest BCUT2D eigenvalue weighted by atomic mass is 9.42. The second-order valence-corrected chi connectivity index (χ2v) is 16.1. The molecule has 10 nitrogen and oxygen atoms in total. The molecule has 8 aliphatic rings. The first-order valence-electron chi connectivity index (χ1n) is 15.8. The van der Waals surface area contributed by atoms with Gasteiger partial charge in [0.15, 0.2) is 0 Å². The Kier molecular flexibility index (Phi) is 6.26. The van der Waals surface area contributed by atoms with Crippen molar-refractivity contribution in [2.45, 2.75) is 112 Å². The highest BCUT2D eigenvalue weighted by Crippen LogP contribution is 2.70. The predicted molar refractivity (Wildman–Crippen MR) is 150 cm³/mol. The van der Waals surface area contributed by atoms with E-state index in [1.54, 1.807) is 11.8 Å². The first-order chi connectivity index (χ1) is 20.0. The van der Waals surface area contributed by atoms with E-state index < -0.39 is 45.6 Å². The number of hydrogen-bond donors (Lipinski definition) is 4. The van der Waals surface area contributed by atoms with Gasteiger partial charge in [-0.1, -0.05) is 6.92 Å². The molecule has 0 aromatic heterocycles. The minimum Gasteiger partial charge on any atom is -0.458 e. The number of esters is 1. The zero-order valence-electron chi connectivity index (χ0n) is 24.3. The third kappa shape index (κ3) is 3.43. The Morgan fingerprint density at radius 1 is 1.10 bits per heavy atom. The van der Waals surface area contributed by atoms with Gasteiger partial charge in [-0.2, -0.15) is 0 Å². The van der Waals surface area contributed by atoms with Crippen molar-refractivity contribution in [1.29, 1.82) is 0 Å². The van der Waals surface area contributed by atoms with E-state index in [-0.39, 0.29) is 48.5 Å². The van der Waals surface area contributed by atoms with E-state index >= 15 is 0 Å². The van der Waals surface area contributed by atoms with Gasteiger partial charge in [-0.25, -0.2) is 4.79 Å². The summed E-state index contributed by atoms with van der Waals surface area (Å²) in [6, 6.07) is 0. The first kappa shape index (κ1) is 28.4. The number of nitrogens with one attached hydrogen (secondary N) is 1. The van der Waals surface area contributed by atoms with Crippen LogP contribution in [0.5, 0.6) is 0 Å². The number of rotatable bonds is 2. The average Bonchev–Trinajstić information content (AvgIpc) is 3.66. The SMILES string of the molecule is C[C@H]1CC2(NCCS2)[C@]2(O)OC3C[C@]4(C=O)C(CCC5C4CC[C@@]4(C)C(C6=CC(=O)OC6)CC(O)[C@@]54O)CC3OC2O1. The molecule has 8 rings (SSSR count). The van der Waals surface area contributed by atoms with Gasteiger partial charge in [-0.3, -0.25) is 5.32 Å². The molecule has 0 aromatic rings. The third-order valence-corrected chi connectivity index (χ3v) is 14.6. The highest BCUT2D eigenvalue weighted by atomic mass is 32.2. The van der Waals surface area contributed by atoms with Crippen molar-refractivity contribution in [3.05, 3.63) is 11.6 Å². The van der Waals surface area contributed by atoms with E-state index in [0.717, 1.165) is 37.0 Å². The van der Waals surface area contributed by atoms with Gasteiger partial charge in [0.2, 0.25) is 12.1 Å². The molecular weight excluding hydrogens is 562 g/mol. The molecule has 9 unspecified atom stereocenters. The summed E-state index contributed by atoms with van der Waals surface area (Å²) >= 11 is 1.65. The number of carbonyl (C=O) groups excluding carboxylic acids is 2. The van der Waals surface area contributed by atoms with Gasteiger partial charge < -0.3 is 39.1 Å². The van der Waals surface area contributed by atoms with Gasteiger partial charge in [0.05, 0.1) is 30.0 Å². The summed E-state index contributed by atoms with van der Waals surface area (Å²) in [4.78, 5) is 24.5. The quantitative estimate of drug-likeness (QED) is 0.207. The fourth-order valence-corrected chi connectivity index (χ4v) is 12.7. The first-order valence-corrected chi connectivity index (χ1v) is 16.8. The molecule has 14 atom stereocenters. The van der Waals surface area contributed by atoms with Crippen LogP contribution in [0.3, 0.4) is 0 Å². The van der Waals surface area contributed by atoms with E-state index in [1.165, 1.54) is 6.08 Å². The fraction of sp³-hybridized carbons (Fsp3) is 0.871. The van der Waals surface area contributed by atoms with Crippen molar-refractivity contribution in [3.8, 4) is 0 Å². The molecule has 4 saturated carbocycles. The Bertz CT molecular complexity index is 1210. The summed E-state index contributed by atoms with van der Waals surface area (Å²) in [7, 11) is 0. The van der Waals surface area contributed by atoms with E-state index in [0.29, 0.717) is 38.5 Å². The van der Waals surface area contributed by atoms with Crippen molar-refractivity contribution in [2.24, 2.45) is 34.5 Å². The molecule has 0 amide bonds. The summed E-state index contributed by atoms with van der Waals surface area (Å²) in [5.74, 6) is -1.73. The summed E-state index contributed by atoms with van der Waals surface area (Å²) in [6.07, 6.45) is 4.64. The molecule has 232 valence electrons. The molecule has 1 spiro atoms. The van der Waals surface area contributed by atoms with Crippen molar-refractivity contribution >= 4 is 24.0 Å². The lowest BCUT2D eigenvalue weighted by Gasteiger charge is -2.65. The summed E-state index contributed by atoms with van der Waals surface area (Å²) in [5, 5.41) is 39.7. The van der Waals surface area contributed by atoms with Crippen LogP contribution < -0.4 is 5.32 Å². The van der Waals surface area contributed by atoms with E-state index in [2.05, 4.69) is 5.32 Å². The maximum Gasteiger partial charge on any atom is 0.331 e. The molecule has 7 fully saturated rings. The lowest BCUT2D eigenvalue weighted by molar-refractivity contribution is -0.448. The minimum absolute atomic E-state index is 0.0482. The second-order valence-electron chi connectivity index (χ2n) is 14.7. The van der Waals surface area contributed by atoms with Crippen molar-refractivity contribution in [2.75, 3.05) is 18.9 Å². The van der Waals surface area contributed by atoms with Gasteiger partial charge in [-0.05, 0) is 81.1 Å². The summed E-state index contributed by atoms with van der Waals surface area (Å²) < 4.78 is 24.5. The number of hydrogen-bond acceptors (Lipinski definition) is 11. The number of aliphatic hydroxyl groups excluding tert-OH is 1. The van der Waals surface area contributed by atoms with Crippen LogP contribution in [0.15, 0.2) is 11.6 Å². The zero-order chi connectivity index (χ0) is 29.3. The number of thioether (sulfide) groups is 1. The molecule has 11 heteroatoms. The zero-order valence-corrected chi connectivity index (χ0v) is 25.1. The smallest absolute Gasteiger partial charge is 0.331 e. The van der Waals surface area contributed by atoms with Crippen LogP contribution in [0.25, 0.3) is 0 Å². The lowest BCUT2D eigenvalue weighted by Crippen LogP contribution is -2.76. The Labute approximate surface area is 250 Å². The van der Waals surface area contributed by atoms with Crippen LogP contribution in [0.2, 0.25) is 0 Å². The predicted octanol–water partition coefficient (Wildman–Crippen LogP) is 1.64. The van der Waals surface area contributed by atoms with Crippen LogP contribution in [0, 0.1) is 34.5 Å². The van der Waals surface area contributed by atoms with Gasteiger partial charge in [0, 0.05) is 35.6 Å². The largest absolute Gasteiger partial charge is 0.458 e. The highest BCUT2D eigenvalue weighted by Gasteiger charge is 2.74. The number of aldehydes is 1. The Morgan fingerprint density at radius 2 is 1.93 bits per heavy atom. The Balaban J connectivity index is 1.11. The monoisotopic (exact) mass is 605 g/mol. The molecule has 4 heterocycles. The van der Waals surface area contributed by atoms with Crippen LogP contribution in [0.4, 0.5) is 0 Å². The van der Waals surface area contributed by atoms with E-state index in [9.17, 15) is 24.9 Å². The van der Waals surface area contributed by atoms with Gasteiger partial charge in [-0.15, -0.1) is 11.8 Å². The van der Waals surface area contributed by atoms with E-state index in [1.807, 2.05) is 13.8 Å². The number of fused-ring (bicyclic) bond motifs is 8. The number of aliphatic hydroxyl groups is 3. The maximum absolute atomic E-state index is 13.4. The molecule has 0 bridgehead atoms. The third-order valence-electron chi connectivity index (χ3n) is 13.1. The molecule has 0 aromatic carbocycles. The standard InChI is InChI=1S/C31H43NO9S/c1-16-12-29(32-7-8-42-29)31(37)26(39-16)40-22-10-18-3-4-20-19(28(18,15-33)13-23(22)41-31)5-6-27(2)21(11-24(34)30(20,27)36)17-9-25(35)38-14-17/h9,15-16,18-24,26,32,34,36-37H,3-8,10-14H2,1-2H3/t16-,18?,19?,20?,21?,22?,23?,24?,26?,27-,28-,29?,30-,31+/m0/s1. The van der Waals surface area contributed by atoms with Crippen LogP contribution in [0.1, 0.15) is 65.2 Å². The van der Waals surface area contributed by atoms with Gasteiger partial charge >= 0.3 is 5.97 Å². The summed E-state index contributed by atoms with van der Waals surface area (Å²) in [6.45, 7) is 5.01. The molecule has 42 heavy (non-hydrogen) atoms. The van der Waals surface area contributed by atoms with E-state index in [4.69, 9.17) is 18.9 Å². The molecule has 3 saturated heterocycles. The summed E-state index contributed by atoms with van der Waals surface area (Å²) in [5.41, 5.74) is -1.94. The van der Waals surface area contributed by atoms with Crippen LogP contribution in [-0.4, -0.2) is 93.4 Å². The fourth-order valence-electron chi connectivity index (χ4n) is 11.2. The van der Waals surface area contributed by atoms with Gasteiger partial charge in [0.25, 0.3) is 0 Å². The minimum atomic E-state index is -1.69. The van der Waals surface area contributed by atoms with Crippen molar-refractivity contribution in [1.82, 2.24) is 5.32 Å². The van der Waals surface area contributed by atoms with Crippen LogP contribution >= 0.6 is 11.8 Å². The maximum atomic E-state index is 13.4. The highest BCUT2D eigenvalue weighted by molar-refractivity contribution is 8.01. The van der Waals surface area contributed by atoms with Crippen molar-refractivity contribution in [3.63, 3.8) is 0 Å². The molecule has 4 aliphatic heterocycles. The van der Waals surface area contributed by atoms with Gasteiger partial charge in [0.1, 0.15) is 17.8 Å². The molecular formula is C31H43NO9S. The molecule has 0 radical (unpaired) electrons. The number of cyclic esters (lactones) is 1. The molecule has 4 aliphatic carbocycles. The average molecular weight is 606 g/mol. The second kappa shape index (κ2) is 9.25.